The number of hydrogen-bond donors (Lipinski definition) is 0. The van der Waals surface area contributed by atoms with E-state index in [1.54, 1.807) is 26.0 Å². The van der Waals surface area contributed by atoms with E-state index in [4.69, 9.17) is 4.74 Å². The summed E-state index contributed by atoms with van der Waals surface area (Å²) in [5, 5.41) is 0. The lowest BCUT2D eigenvalue weighted by atomic mass is 9.68. The molecule has 0 aromatic carbocycles. The topological polar surface area (TPSA) is 66.9 Å². The molecule has 0 heterocycles. The fourth-order valence-electron chi connectivity index (χ4n) is 3.35. The minimum atomic E-state index is -3.37. The van der Waals surface area contributed by atoms with Crippen LogP contribution in [0.1, 0.15) is 54.4 Å². The van der Waals surface area contributed by atoms with Crippen LogP contribution >= 0.6 is 0 Å². The molecule has 0 saturated carbocycles. The zero-order valence-corrected chi connectivity index (χ0v) is 18.5. The Morgan fingerprint density at radius 3 is 1.92 bits per heavy atom. The van der Waals surface area contributed by atoms with Gasteiger partial charge in [-0.25, -0.2) is 8.42 Å². The monoisotopic (exact) mass is 378 g/mol. The van der Waals surface area contributed by atoms with Gasteiger partial charge in [-0.15, -0.1) is 0 Å². The molecule has 0 fully saturated rings. The van der Waals surface area contributed by atoms with Crippen molar-refractivity contribution in [2.24, 2.45) is 10.8 Å². The van der Waals surface area contributed by atoms with Crippen LogP contribution in [-0.4, -0.2) is 69.7 Å². The molecule has 0 aromatic rings. The van der Waals surface area contributed by atoms with Crippen molar-refractivity contribution in [3.8, 4) is 0 Å². The van der Waals surface area contributed by atoms with Gasteiger partial charge in [0.1, 0.15) is 0 Å². The summed E-state index contributed by atoms with van der Waals surface area (Å²) >= 11 is 0. The zero-order valence-electron chi connectivity index (χ0n) is 17.7. The minimum Gasteiger partial charge on any atom is -0.377 e. The third-order valence-corrected chi connectivity index (χ3v) is 6.30. The van der Waals surface area contributed by atoms with E-state index in [0.29, 0.717) is 19.4 Å². The molecule has 2 unspecified atom stereocenters. The molecular formula is C18H38N2O4S. The van der Waals surface area contributed by atoms with Gasteiger partial charge < -0.3 is 9.64 Å². The fraction of sp³-hybridized carbons (Fsp3) is 0.944. The van der Waals surface area contributed by atoms with Gasteiger partial charge in [0.15, 0.2) is 0 Å². The molecule has 25 heavy (non-hydrogen) atoms. The van der Waals surface area contributed by atoms with Crippen LogP contribution in [0.25, 0.3) is 0 Å². The van der Waals surface area contributed by atoms with Gasteiger partial charge in [-0.1, -0.05) is 27.7 Å². The summed E-state index contributed by atoms with van der Waals surface area (Å²) in [6.45, 7) is 12.1. The first-order valence-corrected chi connectivity index (χ1v) is 10.7. The van der Waals surface area contributed by atoms with E-state index in [0.717, 1.165) is 0 Å². The normalized spacial score (nSPS) is 16.8. The highest BCUT2D eigenvalue weighted by atomic mass is 32.2. The summed E-state index contributed by atoms with van der Waals surface area (Å²) in [7, 11) is 1.72. The molecule has 0 aliphatic rings. The van der Waals surface area contributed by atoms with Crippen LogP contribution in [0, 0.1) is 10.8 Å². The fourth-order valence-corrected chi connectivity index (χ4v) is 4.16. The Labute approximate surface area is 154 Å². The number of nitrogens with zero attached hydrogens (tertiary/aromatic N) is 2. The number of carbonyl (C=O) groups is 1. The third kappa shape index (κ3) is 6.87. The smallest absolute Gasteiger partial charge is 0.227 e. The highest BCUT2D eigenvalue weighted by molar-refractivity contribution is 7.88. The molecule has 0 aromatic heterocycles. The quantitative estimate of drug-likeness (QED) is 0.586. The molecule has 0 aliphatic carbocycles. The summed E-state index contributed by atoms with van der Waals surface area (Å²) in [6, 6.07) is -0.356. The van der Waals surface area contributed by atoms with Crippen LogP contribution in [0.15, 0.2) is 0 Å². The van der Waals surface area contributed by atoms with Crippen LogP contribution in [0.2, 0.25) is 0 Å². The second-order valence-electron chi connectivity index (χ2n) is 8.46. The summed E-state index contributed by atoms with van der Waals surface area (Å²) in [6.07, 6.45) is 2.47. The standard InChI is InChI=1S/C18H38N2O4S/c1-11-18(6,16(21)19(7)8)13-17(4,5)15(12-24-14(2)3)20(9)25(10,22)23/h14-15H,11-13H2,1-10H3. The summed E-state index contributed by atoms with van der Waals surface area (Å²) < 4.78 is 31.4. The van der Waals surface area contributed by atoms with Gasteiger partial charge in [0.25, 0.3) is 0 Å². The van der Waals surface area contributed by atoms with Crippen LogP contribution < -0.4 is 0 Å². The van der Waals surface area contributed by atoms with E-state index in [2.05, 4.69) is 0 Å². The number of carbonyl (C=O) groups excluding carboxylic acids is 1. The van der Waals surface area contributed by atoms with Crippen molar-refractivity contribution in [1.82, 2.24) is 9.21 Å². The summed E-state index contributed by atoms with van der Waals surface area (Å²) in [5.41, 5.74) is -0.995. The van der Waals surface area contributed by atoms with E-state index in [1.807, 2.05) is 41.5 Å². The molecule has 6 nitrogen and oxygen atoms in total. The highest BCUT2D eigenvalue weighted by Gasteiger charge is 2.44. The Hall–Kier alpha value is -0.660. The molecule has 0 saturated heterocycles. The predicted octanol–water partition coefficient (Wildman–Crippen LogP) is 2.59. The predicted molar refractivity (Wildman–Crippen MR) is 103 cm³/mol. The van der Waals surface area contributed by atoms with Crippen molar-refractivity contribution in [2.75, 3.05) is 34.0 Å². The van der Waals surface area contributed by atoms with Crippen molar-refractivity contribution in [3.63, 3.8) is 0 Å². The van der Waals surface area contributed by atoms with Gasteiger partial charge in [0.05, 0.1) is 25.0 Å². The van der Waals surface area contributed by atoms with Gasteiger partial charge in [-0.3, -0.25) is 4.79 Å². The number of rotatable bonds is 10. The van der Waals surface area contributed by atoms with Crippen molar-refractivity contribution in [2.45, 2.75) is 66.5 Å². The molecule has 0 radical (unpaired) electrons. The summed E-state index contributed by atoms with van der Waals surface area (Å²) in [5.74, 6) is 0.0635. The van der Waals surface area contributed by atoms with Gasteiger partial charge >= 0.3 is 0 Å². The van der Waals surface area contributed by atoms with Crippen LogP contribution in [0.5, 0.6) is 0 Å². The minimum absolute atomic E-state index is 0.00669. The van der Waals surface area contributed by atoms with Crippen molar-refractivity contribution < 1.29 is 17.9 Å². The van der Waals surface area contributed by atoms with Crippen molar-refractivity contribution in [1.29, 1.82) is 0 Å². The lowest BCUT2D eigenvalue weighted by Gasteiger charge is -2.44. The molecule has 0 rings (SSSR count). The lowest BCUT2D eigenvalue weighted by Crippen LogP contribution is -2.52. The van der Waals surface area contributed by atoms with Crippen molar-refractivity contribution >= 4 is 15.9 Å². The van der Waals surface area contributed by atoms with Crippen LogP contribution in [0.4, 0.5) is 0 Å². The Kier molecular flexibility index (Phi) is 8.59. The van der Waals surface area contributed by atoms with E-state index < -0.39 is 20.9 Å². The Morgan fingerprint density at radius 1 is 1.12 bits per heavy atom. The van der Waals surface area contributed by atoms with Crippen molar-refractivity contribution in [3.05, 3.63) is 0 Å². The largest absolute Gasteiger partial charge is 0.377 e. The van der Waals surface area contributed by atoms with E-state index in [1.165, 1.54) is 10.6 Å². The number of ether oxygens (including phenoxy) is 1. The van der Waals surface area contributed by atoms with Crippen LogP contribution in [-0.2, 0) is 19.6 Å². The maximum absolute atomic E-state index is 12.7. The van der Waals surface area contributed by atoms with Crippen LogP contribution in [0.3, 0.4) is 0 Å². The lowest BCUT2D eigenvalue weighted by molar-refractivity contribution is -0.141. The molecule has 150 valence electrons. The zero-order chi connectivity index (χ0) is 20.2. The maximum atomic E-state index is 12.7. The molecule has 0 aliphatic heterocycles. The number of hydrogen-bond acceptors (Lipinski definition) is 4. The van der Waals surface area contributed by atoms with Gasteiger partial charge in [-0.2, -0.15) is 4.31 Å². The molecule has 1 amide bonds. The number of likely N-dealkylation sites (N-methyl/N-ethyl adjacent to an activating group) is 1. The summed E-state index contributed by atoms with van der Waals surface area (Å²) in [4.78, 5) is 14.3. The Balaban J connectivity index is 5.76. The Bertz CT molecular complexity index is 543. The SMILES string of the molecule is CCC(C)(CC(C)(C)C(COC(C)C)N(C)S(C)(=O)=O)C(=O)N(C)C. The first kappa shape index (κ1) is 24.3. The average Bonchev–Trinajstić information content (AvgIpc) is 2.43. The number of amides is 1. The molecule has 0 bridgehead atoms. The van der Waals surface area contributed by atoms with Gasteiger partial charge in [-0.05, 0) is 32.1 Å². The average molecular weight is 379 g/mol. The third-order valence-electron chi connectivity index (χ3n) is 5.00. The van der Waals surface area contributed by atoms with Gasteiger partial charge in [0, 0.05) is 26.6 Å². The Morgan fingerprint density at radius 2 is 1.60 bits per heavy atom. The first-order valence-electron chi connectivity index (χ1n) is 8.85. The van der Waals surface area contributed by atoms with E-state index in [-0.39, 0.29) is 18.1 Å². The second kappa shape index (κ2) is 8.82. The highest BCUT2D eigenvalue weighted by Crippen LogP contribution is 2.41. The molecular weight excluding hydrogens is 340 g/mol. The molecule has 0 spiro atoms. The first-order chi connectivity index (χ1) is 11.1. The second-order valence-corrected chi connectivity index (χ2v) is 10.5. The maximum Gasteiger partial charge on any atom is 0.227 e. The molecule has 7 heteroatoms. The van der Waals surface area contributed by atoms with E-state index in [9.17, 15) is 13.2 Å². The van der Waals surface area contributed by atoms with Gasteiger partial charge in [0.2, 0.25) is 15.9 Å². The van der Waals surface area contributed by atoms with E-state index >= 15 is 0 Å². The number of sulfonamides is 1. The molecule has 0 N–H and O–H groups in total. The molecule has 2 atom stereocenters.